The summed E-state index contributed by atoms with van der Waals surface area (Å²) in [6.45, 7) is 3.69. The Kier molecular flexibility index (Phi) is 6.41. The Morgan fingerprint density at radius 1 is 1.15 bits per heavy atom. The molecule has 1 atom stereocenters. The van der Waals surface area contributed by atoms with Gasteiger partial charge in [-0.3, -0.25) is 4.79 Å². The standard InChI is InChI=1S/C19H20F2N2O3/c1-11-4-5-14(19(25)26-3)9-17(11)23-18(24)10-22-12(2)13-6-7-15(20)16(21)8-13/h4-9,12,22H,10H2,1-3H3,(H,23,24)/p+1/t12-/m0/s1. The van der Waals surface area contributed by atoms with E-state index in [-0.39, 0.29) is 18.5 Å². The minimum Gasteiger partial charge on any atom is -0.465 e. The first-order chi connectivity index (χ1) is 12.3. The molecule has 0 saturated carbocycles. The van der Waals surface area contributed by atoms with Gasteiger partial charge < -0.3 is 15.4 Å². The minimum absolute atomic E-state index is 0.0854. The molecule has 2 aromatic carbocycles. The Balaban J connectivity index is 1.98. The summed E-state index contributed by atoms with van der Waals surface area (Å²) in [5.41, 5.74) is 2.25. The van der Waals surface area contributed by atoms with Crippen molar-refractivity contribution >= 4 is 17.6 Å². The molecule has 7 heteroatoms. The SMILES string of the molecule is COC(=O)c1ccc(C)c(NC(=O)C[NH2+][C@@H](C)c2ccc(F)c(F)c2)c1. The Morgan fingerprint density at radius 3 is 2.54 bits per heavy atom. The first-order valence-corrected chi connectivity index (χ1v) is 8.09. The zero-order chi connectivity index (χ0) is 19.3. The molecule has 0 saturated heterocycles. The molecule has 0 aliphatic heterocycles. The van der Waals surface area contributed by atoms with Gasteiger partial charge in [0.2, 0.25) is 0 Å². The molecule has 0 aliphatic rings. The van der Waals surface area contributed by atoms with Crippen molar-refractivity contribution in [1.82, 2.24) is 0 Å². The molecule has 0 unspecified atom stereocenters. The van der Waals surface area contributed by atoms with Gasteiger partial charge in [-0.1, -0.05) is 6.07 Å². The fourth-order valence-corrected chi connectivity index (χ4v) is 2.42. The molecule has 138 valence electrons. The van der Waals surface area contributed by atoms with Crippen LogP contribution in [0.5, 0.6) is 0 Å². The average molecular weight is 363 g/mol. The molecule has 1 amide bonds. The second-order valence-electron chi connectivity index (χ2n) is 5.97. The number of rotatable bonds is 6. The molecular formula is C19H21F2N2O3+. The normalized spacial score (nSPS) is 11.7. The summed E-state index contributed by atoms with van der Waals surface area (Å²) in [6, 6.07) is 8.34. The first-order valence-electron chi connectivity index (χ1n) is 8.09. The second-order valence-corrected chi connectivity index (χ2v) is 5.97. The molecule has 0 bridgehead atoms. The summed E-state index contributed by atoms with van der Waals surface area (Å²) >= 11 is 0. The van der Waals surface area contributed by atoms with Gasteiger partial charge in [-0.2, -0.15) is 0 Å². The number of halogens is 2. The maximum atomic E-state index is 13.3. The molecule has 5 nitrogen and oxygen atoms in total. The van der Waals surface area contributed by atoms with E-state index in [1.165, 1.54) is 13.2 Å². The van der Waals surface area contributed by atoms with Gasteiger partial charge in [-0.05, 0) is 49.7 Å². The maximum absolute atomic E-state index is 13.3. The van der Waals surface area contributed by atoms with E-state index >= 15 is 0 Å². The highest BCUT2D eigenvalue weighted by atomic mass is 19.2. The van der Waals surface area contributed by atoms with Crippen LogP contribution in [-0.2, 0) is 9.53 Å². The van der Waals surface area contributed by atoms with E-state index < -0.39 is 17.6 Å². The van der Waals surface area contributed by atoms with Crippen LogP contribution in [0.4, 0.5) is 14.5 Å². The van der Waals surface area contributed by atoms with Crippen LogP contribution in [-0.4, -0.2) is 25.5 Å². The average Bonchev–Trinajstić information content (AvgIpc) is 2.63. The van der Waals surface area contributed by atoms with Crippen LogP contribution in [0.25, 0.3) is 0 Å². The van der Waals surface area contributed by atoms with E-state index in [9.17, 15) is 18.4 Å². The van der Waals surface area contributed by atoms with Crippen LogP contribution in [0.3, 0.4) is 0 Å². The Morgan fingerprint density at radius 2 is 1.88 bits per heavy atom. The van der Waals surface area contributed by atoms with Crippen molar-refractivity contribution in [3.8, 4) is 0 Å². The highest BCUT2D eigenvalue weighted by Crippen LogP contribution is 2.17. The van der Waals surface area contributed by atoms with Gasteiger partial charge >= 0.3 is 5.97 Å². The monoisotopic (exact) mass is 363 g/mol. The lowest BCUT2D eigenvalue weighted by molar-refractivity contribution is -0.682. The molecule has 26 heavy (non-hydrogen) atoms. The third-order valence-corrected chi connectivity index (χ3v) is 4.06. The van der Waals surface area contributed by atoms with Gasteiger partial charge in [0.05, 0.1) is 12.7 Å². The van der Waals surface area contributed by atoms with Gasteiger partial charge in [0.25, 0.3) is 5.91 Å². The number of esters is 1. The zero-order valence-electron chi connectivity index (χ0n) is 14.8. The van der Waals surface area contributed by atoms with E-state index in [1.807, 2.05) is 6.92 Å². The van der Waals surface area contributed by atoms with E-state index in [0.717, 1.165) is 17.7 Å². The van der Waals surface area contributed by atoms with E-state index in [2.05, 4.69) is 10.1 Å². The van der Waals surface area contributed by atoms with Crippen molar-refractivity contribution in [3.63, 3.8) is 0 Å². The largest absolute Gasteiger partial charge is 0.465 e. The molecule has 0 spiro atoms. The van der Waals surface area contributed by atoms with Gasteiger partial charge in [0.15, 0.2) is 18.2 Å². The summed E-state index contributed by atoms with van der Waals surface area (Å²) in [7, 11) is 1.29. The maximum Gasteiger partial charge on any atom is 0.337 e. The third kappa shape index (κ3) is 4.86. The van der Waals surface area contributed by atoms with Crippen molar-refractivity contribution in [2.24, 2.45) is 0 Å². The van der Waals surface area contributed by atoms with E-state index in [1.54, 1.807) is 30.4 Å². The van der Waals surface area contributed by atoms with Crippen molar-refractivity contribution in [3.05, 3.63) is 64.7 Å². The Hall–Kier alpha value is -2.80. The molecule has 2 rings (SSSR count). The second kappa shape index (κ2) is 8.53. The molecular weight excluding hydrogens is 342 g/mol. The fraction of sp³-hybridized carbons (Fsp3) is 0.263. The molecule has 0 aliphatic carbocycles. The number of carbonyl (C=O) groups is 2. The predicted molar refractivity (Wildman–Crippen MR) is 92.7 cm³/mol. The van der Waals surface area contributed by atoms with E-state index in [4.69, 9.17) is 0 Å². The smallest absolute Gasteiger partial charge is 0.337 e. The number of nitrogens with two attached hydrogens (primary N) is 1. The third-order valence-electron chi connectivity index (χ3n) is 4.06. The summed E-state index contributed by atoms with van der Waals surface area (Å²) < 4.78 is 31.0. The minimum atomic E-state index is -0.914. The van der Waals surface area contributed by atoms with E-state index in [0.29, 0.717) is 16.8 Å². The van der Waals surface area contributed by atoms with Gasteiger partial charge in [-0.15, -0.1) is 0 Å². The Bertz CT molecular complexity index is 824. The van der Waals surface area contributed by atoms with Crippen molar-refractivity contribution in [2.75, 3.05) is 19.0 Å². The topological polar surface area (TPSA) is 72.0 Å². The van der Waals surface area contributed by atoms with Crippen LogP contribution in [0, 0.1) is 18.6 Å². The summed E-state index contributed by atoms with van der Waals surface area (Å²) in [4.78, 5) is 23.8. The number of benzene rings is 2. The number of amides is 1. The zero-order valence-corrected chi connectivity index (χ0v) is 14.8. The van der Waals surface area contributed by atoms with Gasteiger partial charge in [0.1, 0.15) is 6.04 Å². The summed E-state index contributed by atoms with van der Waals surface area (Å²) in [5, 5.41) is 4.45. The number of anilines is 1. The molecule has 0 radical (unpaired) electrons. The number of quaternary nitrogens is 1. The summed E-state index contributed by atoms with van der Waals surface area (Å²) in [6.07, 6.45) is 0. The number of ether oxygens (including phenoxy) is 1. The number of hydrogen-bond acceptors (Lipinski definition) is 3. The molecule has 0 fully saturated rings. The van der Waals surface area contributed by atoms with Crippen LogP contribution < -0.4 is 10.6 Å². The van der Waals surface area contributed by atoms with Crippen molar-refractivity contribution in [1.29, 1.82) is 0 Å². The fourth-order valence-electron chi connectivity index (χ4n) is 2.42. The molecule has 3 N–H and O–H groups in total. The van der Waals surface area contributed by atoms with Crippen molar-refractivity contribution < 1.29 is 28.4 Å². The van der Waals surface area contributed by atoms with Crippen LogP contribution in [0.1, 0.15) is 34.5 Å². The lowest BCUT2D eigenvalue weighted by Crippen LogP contribution is -2.86. The Labute approximate surface area is 150 Å². The van der Waals surface area contributed by atoms with Crippen molar-refractivity contribution in [2.45, 2.75) is 19.9 Å². The number of aryl methyl sites for hydroxylation is 1. The quantitative estimate of drug-likeness (QED) is 0.774. The van der Waals surface area contributed by atoms with Gasteiger partial charge in [-0.25, -0.2) is 13.6 Å². The predicted octanol–water partition coefficient (Wildman–Crippen LogP) is 2.32. The molecule has 0 aromatic heterocycles. The first kappa shape index (κ1) is 19.5. The number of carbonyl (C=O) groups excluding carboxylic acids is 2. The lowest BCUT2D eigenvalue weighted by atomic mass is 10.1. The van der Waals surface area contributed by atoms with Crippen LogP contribution in [0.2, 0.25) is 0 Å². The summed E-state index contributed by atoms with van der Waals surface area (Å²) in [5.74, 6) is -2.58. The number of hydrogen-bond donors (Lipinski definition) is 2. The molecule has 2 aromatic rings. The van der Waals surface area contributed by atoms with Crippen LogP contribution >= 0.6 is 0 Å². The van der Waals surface area contributed by atoms with Gasteiger partial charge in [0, 0.05) is 11.3 Å². The van der Waals surface area contributed by atoms with Crippen LogP contribution in [0.15, 0.2) is 36.4 Å². The highest BCUT2D eigenvalue weighted by Gasteiger charge is 2.15. The number of methoxy groups -OCH3 is 1. The highest BCUT2D eigenvalue weighted by molar-refractivity contribution is 5.95. The lowest BCUT2D eigenvalue weighted by Gasteiger charge is -2.13. The molecule has 0 heterocycles. The number of nitrogens with one attached hydrogen (secondary N) is 1.